The zero-order valence-corrected chi connectivity index (χ0v) is 20.9. The molecule has 0 unspecified atom stereocenters. The van der Waals surface area contributed by atoms with Crippen LogP contribution in [0.4, 0.5) is 5.69 Å². The van der Waals surface area contributed by atoms with Crippen LogP contribution in [0.2, 0.25) is 0 Å². The highest BCUT2D eigenvalue weighted by molar-refractivity contribution is 5.97. The molecule has 9 heteroatoms. The van der Waals surface area contributed by atoms with Gasteiger partial charge in [-0.2, -0.15) is 0 Å². The summed E-state index contributed by atoms with van der Waals surface area (Å²) in [5.41, 5.74) is 0.708. The van der Waals surface area contributed by atoms with E-state index in [4.69, 9.17) is 9.47 Å². The molecule has 2 aromatic rings. The van der Waals surface area contributed by atoms with Crippen LogP contribution in [0.25, 0.3) is 0 Å². The standard InChI is InChI=1S/C27H34N4O5/c1-35-17-7-14-28-24(32)19-30-20-31(22-9-4-3-5-10-22)27(26(30)34)12-15-29(16-13-27)25(33)21-8-6-11-23(18-21)36-2/h3-6,8-11,18H,7,12-17,19-20H2,1-2H3,(H,28,32). The molecule has 3 amide bonds. The minimum atomic E-state index is -0.789. The van der Waals surface area contributed by atoms with E-state index in [9.17, 15) is 14.4 Å². The van der Waals surface area contributed by atoms with E-state index in [1.807, 2.05) is 30.3 Å². The predicted molar refractivity (Wildman–Crippen MR) is 136 cm³/mol. The molecule has 0 radical (unpaired) electrons. The van der Waals surface area contributed by atoms with Crippen molar-refractivity contribution in [2.45, 2.75) is 24.8 Å². The Morgan fingerprint density at radius 3 is 2.47 bits per heavy atom. The number of carbonyl (C=O) groups excluding carboxylic acids is 3. The van der Waals surface area contributed by atoms with E-state index in [-0.39, 0.29) is 24.3 Å². The third-order valence-electron chi connectivity index (χ3n) is 6.96. The van der Waals surface area contributed by atoms with Gasteiger partial charge >= 0.3 is 0 Å². The molecule has 2 heterocycles. The highest BCUT2D eigenvalue weighted by atomic mass is 16.5. The van der Waals surface area contributed by atoms with E-state index in [1.54, 1.807) is 48.3 Å². The van der Waals surface area contributed by atoms with Gasteiger partial charge in [0.15, 0.2) is 0 Å². The second-order valence-electron chi connectivity index (χ2n) is 9.16. The zero-order chi connectivity index (χ0) is 25.5. The summed E-state index contributed by atoms with van der Waals surface area (Å²) >= 11 is 0. The topological polar surface area (TPSA) is 91.4 Å². The summed E-state index contributed by atoms with van der Waals surface area (Å²) in [4.78, 5) is 45.0. The number of hydrogen-bond acceptors (Lipinski definition) is 6. The largest absolute Gasteiger partial charge is 0.497 e. The summed E-state index contributed by atoms with van der Waals surface area (Å²) in [6, 6.07) is 16.9. The van der Waals surface area contributed by atoms with Crippen LogP contribution in [-0.2, 0) is 14.3 Å². The lowest BCUT2D eigenvalue weighted by Gasteiger charge is -2.43. The molecule has 2 saturated heterocycles. The van der Waals surface area contributed by atoms with Gasteiger partial charge in [-0.25, -0.2) is 0 Å². The van der Waals surface area contributed by atoms with Gasteiger partial charge in [0.25, 0.3) is 11.8 Å². The molecule has 192 valence electrons. The van der Waals surface area contributed by atoms with Crippen LogP contribution < -0.4 is 15.0 Å². The lowest BCUT2D eigenvalue weighted by Crippen LogP contribution is -2.57. The molecular formula is C27H34N4O5. The molecule has 9 nitrogen and oxygen atoms in total. The average molecular weight is 495 g/mol. The molecule has 0 bridgehead atoms. The van der Waals surface area contributed by atoms with Crippen LogP contribution in [0.5, 0.6) is 5.75 Å². The number of ether oxygens (including phenoxy) is 2. The first-order valence-corrected chi connectivity index (χ1v) is 12.3. The Kier molecular flexibility index (Phi) is 8.10. The quantitative estimate of drug-likeness (QED) is 0.537. The van der Waals surface area contributed by atoms with Gasteiger partial charge in [-0.1, -0.05) is 24.3 Å². The fourth-order valence-corrected chi connectivity index (χ4v) is 5.01. The Morgan fingerprint density at radius 2 is 1.78 bits per heavy atom. The number of nitrogens with one attached hydrogen (secondary N) is 1. The first kappa shape index (κ1) is 25.5. The maximum Gasteiger partial charge on any atom is 0.253 e. The smallest absolute Gasteiger partial charge is 0.253 e. The Bertz CT molecular complexity index is 1070. The Balaban J connectivity index is 1.48. The van der Waals surface area contributed by atoms with Crippen LogP contribution in [0.1, 0.15) is 29.6 Å². The lowest BCUT2D eigenvalue weighted by atomic mass is 9.85. The van der Waals surface area contributed by atoms with E-state index in [0.29, 0.717) is 63.5 Å². The number of para-hydroxylation sites is 1. The van der Waals surface area contributed by atoms with Gasteiger partial charge in [-0.15, -0.1) is 0 Å². The highest BCUT2D eigenvalue weighted by Crippen LogP contribution is 2.39. The van der Waals surface area contributed by atoms with E-state index in [1.165, 1.54) is 0 Å². The van der Waals surface area contributed by atoms with Gasteiger partial charge in [0, 0.05) is 44.6 Å². The summed E-state index contributed by atoms with van der Waals surface area (Å²) in [6.07, 6.45) is 1.69. The Morgan fingerprint density at radius 1 is 1.03 bits per heavy atom. The molecule has 2 aliphatic rings. The molecule has 0 saturated carbocycles. The number of benzene rings is 2. The van der Waals surface area contributed by atoms with Crippen molar-refractivity contribution in [3.63, 3.8) is 0 Å². The molecule has 2 aliphatic heterocycles. The first-order valence-electron chi connectivity index (χ1n) is 12.3. The van der Waals surface area contributed by atoms with E-state index in [2.05, 4.69) is 10.2 Å². The van der Waals surface area contributed by atoms with Gasteiger partial charge < -0.3 is 29.5 Å². The van der Waals surface area contributed by atoms with E-state index >= 15 is 0 Å². The number of amides is 3. The molecule has 0 aromatic heterocycles. The van der Waals surface area contributed by atoms with E-state index in [0.717, 1.165) is 5.69 Å². The van der Waals surface area contributed by atoms with Gasteiger partial charge in [0.2, 0.25) is 5.91 Å². The number of rotatable bonds is 9. The van der Waals surface area contributed by atoms with Crippen molar-refractivity contribution in [3.8, 4) is 5.75 Å². The molecule has 1 N–H and O–H groups in total. The number of piperidine rings is 1. The van der Waals surface area contributed by atoms with E-state index < -0.39 is 5.54 Å². The van der Waals surface area contributed by atoms with Crippen LogP contribution in [0.3, 0.4) is 0 Å². The SMILES string of the molecule is COCCCNC(=O)CN1CN(c2ccccc2)C2(CCN(C(=O)c3cccc(OC)c3)CC2)C1=O. The molecule has 2 fully saturated rings. The second kappa shape index (κ2) is 11.4. The Labute approximate surface area is 211 Å². The van der Waals surface area contributed by atoms with Crippen molar-refractivity contribution in [1.82, 2.24) is 15.1 Å². The third-order valence-corrected chi connectivity index (χ3v) is 6.96. The van der Waals surface area contributed by atoms with Crippen molar-refractivity contribution in [3.05, 3.63) is 60.2 Å². The van der Waals surface area contributed by atoms with Crippen LogP contribution >= 0.6 is 0 Å². The molecule has 4 rings (SSSR count). The minimum absolute atomic E-state index is 0.00333. The van der Waals surface area contributed by atoms with Crippen LogP contribution in [-0.4, -0.2) is 86.7 Å². The fraction of sp³-hybridized carbons (Fsp3) is 0.444. The summed E-state index contributed by atoms with van der Waals surface area (Å²) in [6.45, 7) is 2.30. The number of anilines is 1. The van der Waals surface area contributed by atoms with Crippen LogP contribution in [0.15, 0.2) is 54.6 Å². The summed E-state index contributed by atoms with van der Waals surface area (Å²) < 4.78 is 10.3. The lowest BCUT2D eigenvalue weighted by molar-refractivity contribution is -0.137. The zero-order valence-electron chi connectivity index (χ0n) is 20.9. The van der Waals surface area contributed by atoms with Crippen molar-refractivity contribution in [1.29, 1.82) is 0 Å². The van der Waals surface area contributed by atoms with Gasteiger partial charge in [0.1, 0.15) is 17.8 Å². The Hall–Kier alpha value is -3.59. The van der Waals surface area contributed by atoms with Gasteiger partial charge in [-0.05, 0) is 49.6 Å². The molecule has 0 atom stereocenters. The third kappa shape index (κ3) is 5.31. The monoisotopic (exact) mass is 494 g/mol. The second-order valence-corrected chi connectivity index (χ2v) is 9.16. The summed E-state index contributed by atoms with van der Waals surface area (Å²) in [5.74, 6) is 0.307. The van der Waals surface area contributed by atoms with Gasteiger partial charge in [-0.3, -0.25) is 14.4 Å². The molecule has 1 spiro atoms. The van der Waals surface area contributed by atoms with Crippen molar-refractivity contribution >= 4 is 23.4 Å². The number of carbonyl (C=O) groups is 3. The fourth-order valence-electron chi connectivity index (χ4n) is 5.01. The van der Waals surface area contributed by atoms with Gasteiger partial charge in [0.05, 0.1) is 13.8 Å². The maximum atomic E-state index is 13.8. The normalized spacial score (nSPS) is 16.9. The number of likely N-dealkylation sites (tertiary alicyclic amines) is 1. The molecule has 0 aliphatic carbocycles. The molecule has 36 heavy (non-hydrogen) atoms. The van der Waals surface area contributed by atoms with Crippen LogP contribution in [0, 0.1) is 0 Å². The first-order chi connectivity index (χ1) is 17.5. The number of hydrogen-bond donors (Lipinski definition) is 1. The summed E-state index contributed by atoms with van der Waals surface area (Å²) in [7, 11) is 3.20. The average Bonchev–Trinajstić information content (AvgIpc) is 3.17. The molecule has 2 aromatic carbocycles. The minimum Gasteiger partial charge on any atom is -0.497 e. The highest BCUT2D eigenvalue weighted by Gasteiger charge is 2.54. The number of methoxy groups -OCH3 is 2. The summed E-state index contributed by atoms with van der Waals surface area (Å²) in [5, 5.41) is 2.87. The number of nitrogens with zero attached hydrogens (tertiary/aromatic N) is 3. The van der Waals surface area contributed by atoms with Crippen molar-refractivity contribution in [2.24, 2.45) is 0 Å². The maximum absolute atomic E-state index is 13.8. The van der Waals surface area contributed by atoms with Crippen molar-refractivity contribution < 1.29 is 23.9 Å². The van der Waals surface area contributed by atoms with Crippen molar-refractivity contribution in [2.75, 3.05) is 58.6 Å². The predicted octanol–water partition coefficient (Wildman–Crippen LogP) is 2.13. The molecular weight excluding hydrogens is 460 g/mol.